The van der Waals surface area contributed by atoms with Crippen LogP contribution in [0.3, 0.4) is 0 Å². The maximum atomic E-state index is 12.6. The first-order chi connectivity index (χ1) is 8.07. The zero-order valence-corrected chi connectivity index (χ0v) is 12.7. The second-order valence-corrected chi connectivity index (χ2v) is 7.62. The Morgan fingerprint density at radius 2 is 1.82 bits per heavy atom. The molecule has 0 aromatic carbocycles. The summed E-state index contributed by atoms with van der Waals surface area (Å²) >= 11 is 0. The maximum absolute atomic E-state index is 12.6. The van der Waals surface area contributed by atoms with Gasteiger partial charge < -0.3 is 5.32 Å². The second kappa shape index (κ2) is 7.52. The van der Waals surface area contributed by atoms with E-state index in [-0.39, 0.29) is 0 Å². The number of nitrogens with one attached hydrogen (secondary N) is 1. The van der Waals surface area contributed by atoms with Gasteiger partial charge in [0.05, 0.1) is 5.25 Å². The Kier molecular flexibility index (Phi) is 6.71. The molecule has 4 unspecified atom stereocenters. The lowest BCUT2D eigenvalue weighted by Crippen LogP contribution is -2.44. The van der Waals surface area contributed by atoms with E-state index in [4.69, 9.17) is 0 Å². The molecule has 0 radical (unpaired) electrons. The largest absolute Gasteiger partial charge is 0.313 e. The van der Waals surface area contributed by atoms with Crippen molar-refractivity contribution < 1.29 is 4.21 Å². The Hall–Kier alpha value is 0.110. The van der Waals surface area contributed by atoms with Crippen molar-refractivity contribution in [2.75, 3.05) is 6.54 Å². The minimum absolute atomic E-state index is 0.319. The van der Waals surface area contributed by atoms with Gasteiger partial charge in [-0.2, -0.15) is 0 Å². The molecule has 0 amide bonds. The summed E-state index contributed by atoms with van der Waals surface area (Å²) in [5.74, 6) is 0.515. The minimum Gasteiger partial charge on any atom is -0.313 e. The fraction of sp³-hybridized carbons (Fsp3) is 1.00. The summed E-state index contributed by atoms with van der Waals surface area (Å²) in [6.07, 6.45) is 6.20. The number of hydrogen-bond acceptors (Lipinski definition) is 2. The Morgan fingerprint density at radius 3 is 2.41 bits per heavy atom. The Morgan fingerprint density at radius 1 is 1.18 bits per heavy atom. The van der Waals surface area contributed by atoms with Crippen molar-refractivity contribution in [1.29, 1.82) is 0 Å². The molecular formula is C14H29NOS. The van der Waals surface area contributed by atoms with Crippen molar-refractivity contribution in [3.8, 4) is 0 Å². The summed E-state index contributed by atoms with van der Waals surface area (Å²) in [5, 5.41) is 4.25. The van der Waals surface area contributed by atoms with E-state index in [9.17, 15) is 4.21 Å². The third-order valence-electron chi connectivity index (χ3n) is 4.02. The van der Waals surface area contributed by atoms with Gasteiger partial charge in [-0.1, -0.05) is 47.0 Å². The smallest absolute Gasteiger partial charge is 0.0504 e. The molecule has 1 rings (SSSR count). The summed E-state index contributed by atoms with van der Waals surface area (Å²) in [7, 11) is -0.686. The minimum atomic E-state index is -0.686. The molecule has 1 N–H and O–H groups in total. The van der Waals surface area contributed by atoms with Crippen LogP contribution >= 0.6 is 0 Å². The molecule has 1 aliphatic rings. The van der Waals surface area contributed by atoms with Crippen LogP contribution in [0, 0.1) is 5.92 Å². The number of rotatable bonds is 5. The van der Waals surface area contributed by atoms with E-state index in [0.717, 1.165) is 13.0 Å². The fourth-order valence-corrected chi connectivity index (χ4v) is 4.63. The van der Waals surface area contributed by atoms with Gasteiger partial charge in [-0.3, -0.25) is 4.21 Å². The first-order valence-corrected chi connectivity index (χ1v) is 8.48. The third-order valence-corrected chi connectivity index (χ3v) is 6.46. The Labute approximate surface area is 109 Å². The van der Waals surface area contributed by atoms with E-state index < -0.39 is 10.8 Å². The van der Waals surface area contributed by atoms with Crippen molar-refractivity contribution in [3.63, 3.8) is 0 Å². The van der Waals surface area contributed by atoms with E-state index in [1.54, 1.807) is 0 Å². The van der Waals surface area contributed by atoms with E-state index in [1.807, 2.05) is 0 Å². The second-order valence-electron chi connectivity index (χ2n) is 5.62. The molecule has 0 saturated heterocycles. The maximum Gasteiger partial charge on any atom is 0.0504 e. The summed E-state index contributed by atoms with van der Waals surface area (Å²) in [4.78, 5) is 0. The molecule has 1 fully saturated rings. The van der Waals surface area contributed by atoms with Gasteiger partial charge in [0.1, 0.15) is 0 Å². The van der Waals surface area contributed by atoms with Gasteiger partial charge in [-0.15, -0.1) is 0 Å². The summed E-state index contributed by atoms with van der Waals surface area (Å²) in [6.45, 7) is 9.66. The summed E-state index contributed by atoms with van der Waals surface area (Å²) < 4.78 is 12.6. The standard InChI is InChI=1S/C14H29NOS/c1-5-15-13-9-7-6-8-10-14(13)17(16)12(4)11(2)3/h11-15H,5-10H2,1-4H3. The quantitative estimate of drug-likeness (QED) is 0.769. The van der Waals surface area contributed by atoms with Crippen molar-refractivity contribution in [2.24, 2.45) is 5.92 Å². The zero-order chi connectivity index (χ0) is 12.8. The molecule has 17 heavy (non-hydrogen) atoms. The van der Waals surface area contributed by atoms with E-state index in [1.165, 1.54) is 25.7 Å². The van der Waals surface area contributed by atoms with Crippen LogP contribution in [-0.2, 0) is 10.8 Å². The van der Waals surface area contributed by atoms with Gasteiger partial charge in [0.2, 0.25) is 0 Å². The highest BCUT2D eigenvalue weighted by Crippen LogP contribution is 2.25. The lowest BCUT2D eigenvalue weighted by Gasteiger charge is -2.29. The first kappa shape index (κ1) is 15.2. The average molecular weight is 259 g/mol. The predicted octanol–water partition coefficient (Wildman–Crippen LogP) is 3.09. The highest BCUT2D eigenvalue weighted by molar-refractivity contribution is 7.86. The molecule has 1 saturated carbocycles. The molecule has 0 bridgehead atoms. The van der Waals surface area contributed by atoms with Crippen LogP contribution in [-0.4, -0.2) is 27.3 Å². The SMILES string of the molecule is CCNC1CCCCCC1S(=O)C(C)C(C)C. The number of hydrogen-bond donors (Lipinski definition) is 1. The first-order valence-electron chi connectivity index (χ1n) is 7.20. The van der Waals surface area contributed by atoms with Crippen molar-refractivity contribution in [3.05, 3.63) is 0 Å². The van der Waals surface area contributed by atoms with Crippen molar-refractivity contribution in [2.45, 2.75) is 76.3 Å². The van der Waals surface area contributed by atoms with Gasteiger partial charge in [-0.05, 0) is 25.3 Å². The summed E-state index contributed by atoms with van der Waals surface area (Å²) in [5.41, 5.74) is 0. The molecule has 0 spiro atoms. The molecule has 102 valence electrons. The molecule has 4 atom stereocenters. The summed E-state index contributed by atoms with van der Waals surface area (Å²) in [6, 6.07) is 0.476. The lowest BCUT2D eigenvalue weighted by atomic mass is 10.1. The van der Waals surface area contributed by atoms with E-state index in [0.29, 0.717) is 22.5 Å². The van der Waals surface area contributed by atoms with Gasteiger partial charge in [-0.25, -0.2) is 0 Å². The van der Waals surface area contributed by atoms with Crippen LogP contribution in [0.25, 0.3) is 0 Å². The van der Waals surface area contributed by atoms with Crippen LogP contribution in [0.4, 0.5) is 0 Å². The highest BCUT2D eigenvalue weighted by atomic mass is 32.2. The van der Waals surface area contributed by atoms with Gasteiger partial charge in [0.15, 0.2) is 0 Å². The Bertz CT molecular complexity index is 242. The molecule has 0 heterocycles. The molecule has 0 aromatic rings. The average Bonchev–Trinajstić information content (AvgIpc) is 2.53. The molecule has 0 aliphatic heterocycles. The van der Waals surface area contributed by atoms with Gasteiger partial charge in [0, 0.05) is 22.1 Å². The lowest BCUT2D eigenvalue weighted by molar-refractivity contribution is 0.469. The van der Waals surface area contributed by atoms with Gasteiger partial charge in [0.25, 0.3) is 0 Å². The normalized spacial score (nSPS) is 29.9. The van der Waals surface area contributed by atoms with Crippen LogP contribution in [0.5, 0.6) is 0 Å². The van der Waals surface area contributed by atoms with Crippen molar-refractivity contribution >= 4 is 10.8 Å². The van der Waals surface area contributed by atoms with Crippen LogP contribution in [0.1, 0.15) is 59.8 Å². The van der Waals surface area contributed by atoms with Crippen LogP contribution < -0.4 is 5.32 Å². The predicted molar refractivity (Wildman–Crippen MR) is 76.8 cm³/mol. The zero-order valence-electron chi connectivity index (χ0n) is 11.9. The highest BCUT2D eigenvalue weighted by Gasteiger charge is 2.31. The fourth-order valence-electron chi connectivity index (χ4n) is 2.59. The molecule has 3 heteroatoms. The topological polar surface area (TPSA) is 29.1 Å². The van der Waals surface area contributed by atoms with E-state index in [2.05, 4.69) is 33.0 Å². The molecular weight excluding hydrogens is 230 g/mol. The third kappa shape index (κ3) is 4.36. The van der Waals surface area contributed by atoms with E-state index >= 15 is 0 Å². The van der Waals surface area contributed by atoms with Crippen molar-refractivity contribution in [1.82, 2.24) is 5.32 Å². The van der Waals surface area contributed by atoms with Gasteiger partial charge >= 0.3 is 0 Å². The Balaban J connectivity index is 2.70. The molecule has 2 nitrogen and oxygen atoms in total. The molecule has 1 aliphatic carbocycles. The van der Waals surface area contributed by atoms with Crippen LogP contribution in [0.2, 0.25) is 0 Å². The van der Waals surface area contributed by atoms with Crippen LogP contribution in [0.15, 0.2) is 0 Å². The molecule has 0 aromatic heterocycles. The monoisotopic (exact) mass is 259 g/mol.